The predicted molar refractivity (Wildman–Crippen MR) is 60.0 cm³/mol. The third-order valence-electron chi connectivity index (χ3n) is 1.66. The first-order chi connectivity index (χ1) is 5.91. The van der Waals surface area contributed by atoms with Crippen LogP contribution in [-0.2, 0) is 0 Å². The lowest BCUT2D eigenvalue weighted by Gasteiger charge is -2.19. The molecule has 0 spiro atoms. The van der Waals surface area contributed by atoms with Crippen molar-refractivity contribution < 1.29 is 4.90 Å². The number of hydrogen-bond donors (Lipinski definition) is 1. The van der Waals surface area contributed by atoms with E-state index in [0.29, 0.717) is 0 Å². The van der Waals surface area contributed by atoms with Crippen LogP contribution in [0.25, 0.3) is 0 Å². The molecule has 1 N–H and O–H groups in total. The maximum absolute atomic E-state index is 3.93. The van der Waals surface area contributed by atoms with Crippen molar-refractivity contribution >= 4 is 0 Å². The summed E-state index contributed by atoms with van der Waals surface area (Å²) in [5.41, 5.74) is 3.66. The zero-order valence-corrected chi connectivity index (χ0v) is 9.24. The van der Waals surface area contributed by atoms with Crippen molar-refractivity contribution in [1.29, 1.82) is 0 Å². The summed E-state index contributed by atoms with van der Waals surface area (Å²) in [5.74, 6) is 0. The molecule has 0 aliphatic carbocycles. The predicted octanol–water partition coefficient (Wildman–Crippen LogP) is 1.60. The zero-order chi connectivity index (χ0) is 10.4. The minimum Gasteiger partial charge on any atom is -0.325 e. The Bertz CT molecular complexity index is 175. The van der Waals surface area contributed by atoms with Gasteiger partial charge in [-0.1, -0.05) is 19.7 Å². The number of hydrogen-bond acceptors (Lipinski definition) is 0. The highest BCUT2D eigenvalue weighted by Gasteiger charge is 2.08. The standard InChI is InChI=1S/C12H21N/c1-10(2)7-13(8-11(3)4)9-12(5)6/h1,3,5,7-9H2,2,4,6H3/p+1. The van der Waals surface area contributed by atoms with Gasteiger partial charge in [0.15, 0.2) is 0 Å². The Kier molecular flexibility index (Phi) is 5.40. The minimum absolute atomic E-state index is 1.01. The summed E-state index contributed by atoms with van der Waals surface area (Å²) in [6, 6.07) is 0. The molecule has 0 saturated heterocycles. The molecule has 0 saturated carbocycles. The summed E-state index contributed by atoms with van der Waals surface area (Å²) in [5, 5.41) is 0. The first kappa shape index (κ1) is 12.2. The fourth-order valence-electron chi connectivity index (χ4n) is 1.47. The highest BCUT2D eigenvalue weighted by Crippen LogP contribution is 1.85. The molecule has 0 fully saturated rings. The fraction of sp³-hybridized carbons (Fsp3) is 0.500. The lowest BCUT2D eigenvalue weighted by molar-refractivity contribution is -0.885. The molecule has 13 heavy (non-hydrogen) atoms. The highest BCUT2D eigenvalue weighted by molar-refractivity contribution is 4.93. The van der Waals surface area contributed by atoms with Crippen molar-refractivity contribution in [3.05, 3.63) is 36.5 Å². The van der Waals surface area contributed by atoms with E-state index in [1.807, 2.05) is 0 Å². The Balaban J connectivity index is 4.10. The third-order valence-corrected chi connectivity index (χ3v) is 1.66. The molecular weight excluding hydrogens is 158 g/mol. The van der Waals surface area contributed by atoms with Crippen molar-refractivity contribution in [2.45, 2.75) is 20.8 Å². The maximum Gasteiger partial charge on any atom is 0.0987 e. The second-order valence-electron chi connectivity index (χ2n) is 4.15. The molecule has 0 amide bonds. The average Bonchev–Trinajstić information content (AvgIpc) is 1.80. The van der Waals surface area contributed by atoms with Crippen LogP contribution in [0.4, 0.5) is 0 Å². The summed E-state index contributed by atoms with van der Waals surface area (Å²) in [4.78, 5) is 1.48. The van der Waals surface area contributed by atoms with Gasteiger partial charge in [0.1, 0.15) is 0 Å². The lowest BCUT2D eigenvalue weighted by Crippen LogP contribution is -3.12. The largest absolute Gasteiger partial charge is 0.325 e. The van der Waals surface area contributed by atoms with Crippen molar-refractivity contribution in [1.82, 2.24) is 0 Å². The van der Waals surface area contributed by atoms with Crippen LogP contribution in [0.15, 0.2) is 36.5 Å². The summed E-state index contributed by atoms with van der Waals surface area (Å²) >= 11 is 0. The molecule has 0 bridgehead atoms. The molecule has 0 aliphatic rings. The molecule has 0 heterocycles. The first-order valence-corrected chi connectivity index (χ1v) is 4.68. The van der Waals surface area contributed by atoms with Crippen LogP contribution in [-0.4, -0.2) is 19.6 Å². The summed E-state index contributed by atoms with van der Waals surface area (Å²) in [6.45, 7) is 21.0. The van der Waals surface area contributed by atoms with E-state index >= 15 is 0 Å². The monoisotopic (exact) mass is 180 g/mol. The Hall–Kier alpha value is -0.820. The van der Waals surface area contributed by atoms with E-state index in [-0.39, 0.29) is 0 Å². The third kappa shape index (κ3) is 7.54. The lowest BCUT2D eigenvalue weighted by atomic mass is 10.2. The first-order valence-electron chi connectivity index (χ1n) is 4.68. The Labute approximate surface area is 82.4 Å². The molecule has 1 nitrogen and oxygen atoms in total. The van der Waals surface area contributed by atoms with E-state index < -0.39 is 0 Å². The van der Waals surface area contributed by atoms with Gasteiger partial charge >= 0.3 is 0 Å². The number of nitrogens with one attached hydrogen (secondary N) is 1. The molecule has 0 rings (SSSR count). The Morgan fingerprint density at radius 1 is 0.769 bits per heavy atom. The number of quaternary nitrogens is 1. The second kappa shape index (κ2) is 5.76. The Morgan fingerprint density at radius 2 is 1.00 bits per heavy atom. The van der Waals surface area contributed by atoms with Crippen LogP contribution in [0, 0.1) is 0 Å². The molecule has 0 aromatic carbocycles. The van der Waals surface area contributed by atoms with Gasteiger partial charge < -0.3 is 4.90 Å². The van der Waals surface area contributed by atoms with Crippen molar-refractivity contribution in [2.75, 3.05) is 19.6 Å². The fourth-order valence-corrected chi connectivity index (χ4v) is 1.47. The summed E-state index contributed by atoms with van der Waals surface area (Å²) in [6.07, 6.45) is 0. The van der Waals surface area contributed by atoms with Gasteiger partial charge in [0.25, 0.3) is 0 Å². The van der Waals surface area contributed by atoms with E-state index in [1.165, 1.54) is 21.6 Å². The molecular formula is C12H22N+. The van der Waals surface area contributed by atoms with E-state index in [2.05, 4.69) is 40.5 Å². The van der Waals surface area contributed by atoms with E-state index in [1.54, 1.807) is 0 Å². The molecule has 0 aromatic heterocycles. The van der Waals surface area contributed by atoms with E-state index in [9.17, 15) is 0 Å². The van der Waals surface area contributed by atoms with Gasteiger partial charge in [-0.15, -0.1) is 0 Å². The smallest absolute Gasteiger partial charge is 0.0987 e. The average molecular weight is 180 g/mol. The van der Waals surface area contributed by atoms with E-state index in [0.717, 1.165) is 19.6 Å². The Morgan fingerprint density at radius 3 is 1.15 bits per heavy atom. The van der Waals surface area contributed by atoms with Gasteiger partial charge in [-0.05, 0) is 37.5 Å². The van der Waals surface area contributed by atoms with Gasteiger partial charge in [0, 0.05) is 0 Å². The molecule has 74 valence electrons. The molecule has 0 aliphatic heterocycles. The van der Waals surface area contributed by atoms with E-state index in [4.69, 9.17) is 0 Å². The van der Waals surface area contributed by atoms with Crippen LogP contribution < -0.4 is 4.90 Å². The molecule has 1 heteroatoms. The second-order valence-corrected chi connectivity index (χ2v) is 4.15. The van der Waals surface area contributed by atoms with Crippen molar-refractivity contribution in [3.8, 4) is 0 Å². The maximum atomic E-state index is 3.93. The van der Waals surface area contributed by atoms with Gasteiger partial charge in [-0.25, -0.2) is 0 Å². The van der Waals surface area contributed by atoms with Crippen molar-refractivity contribution in [2.24, 2.45) is 0 Å². The molecule has 0 unspecified atom stereocenters. The molecule has 0 aromatic rings. The SMILES string of the molecule is C=C(C)C[NH+](CC(=C)C)CC(=C)C. The van der Waals surface area contributed by atoms with Crippen LogP contribution >= 0.6 is 0 Å². The normalized spacial score (nSPS) is 10.2. The van der Waals surface area contributed by atoms with Crippen LogP contribution in [0.1, 0.15) is 20.8 Å². The minimum atomic E-state index is 1.01. The van der Waals surface area contributed by atoms with Crippen LogP contribution in [0.5, 0.6) is 0 Å². The highest BCUT2D eigenvalue weighted by atomic mass is 15.1. The number of rotatable bonds is 6. The van der Waals surface area contributed by atoms with Gasteiger partial charge in [-0.2, -0.15) is 0 Å². The quantitative estimate of drug-likeness (QED) is 0.592. The molecule has 0 radical (unpaired) electrons. The zero-order valence-electron chi connectivity index (χ0n) is 9.24. The summed E-state index contributed by atoms with van der Waals surface area (Å²) < 4.78 is 0. The van der Waals surface area contributed by atoms with Crippen molar-refractivity contribution in [3.63, 3.8) is 0 Å². The summed E-state index contributed by atoms with van der Waals surface area (Å²) in [7, 11) is 0. The molecule has 0 atom stereocenters. The topological polar surface area (TPSA) is 4.44 Å². The van der Waals surface area contributed by atoms with Gasteiger partial charge in [0.05, 0.1) is 19.6 Å². The van der Waals surface area contributed by atoms with Crippen LogP contribution in [0.2, 0.25) is 0 Å². The van der Waals surface area contributed by atoms with Gasteiger partial charge in [-0.3, -0.25) is 0 Å². The van der Waals surface area contributed by atoms with Crippen LogP contribution in [0.3, 0.4) is 0 Å². The van der Waals surface area contributed by atoms with Gasteiger partial charge in [0.2, 0.25) is 0 Å².